The van der Waals surface area contributed by atoms with Crippen LogP contribution in [0.5, 0.6) is 5.75 Å². The van der Waals surface area contributed by atoms with Gasteiger partial charge in [-0.05, 0) is 43.5 Å². The lowest BCUT2D eigenvalue weighted by Gasteiger charge is -2.40. The third-order valence-electron chi connectivity index (χ3n) is 8.91. The summed E-state index contributed by atoms with van der Waals surface area (Å²) < 4.78 is 12.3. The predicted molar refractivity (Wildman–Crippen MR) is 146 cm³/mol. The van der Waals surface area contributed by atoms with Crippen LogP contribution in [0.25, 0.3) is 0 Å². The number of fused-ring (bicyclic) bond motifs is 2. The molecule has 0 bridgehead atoms. The van der Waals surface area contributed by atoms with Gasteiger partial charge in [0.15, 0.2) is 0 Å². The molecule has 4 heterocycles. The predicted octanol–water partition coefficient (Wildman–Crippen LogP) is 2.54. The van der Waals surface area contributed by atoms with Crippen molar-refractivity contribution >= 4 is 23.4 Å². The number of rotatable bonds is 8. The van der Waals surface area contributed by atoms with E-state index < -0.39 is 35.1 Å². The zero-order valence-electron chi connectivity index (χ0n) is 23.2. The van der Waals surface area contributed by atoms with Crippen LogP contribution in [0, 0.1) is 11.8 Å². The minimum atomic E-state index is -1.34. The molecule has 1 aromatic carbocycles. The number of ether oxygens (including phenoxy) is 2. The zero-order valence-corrected chi connectivity index (χ0v) is 23.2. The van der Waals surface area contributed by atoms with Crippen LogP contribution >= 0.6 is 0 Å². The summed E-state index contributed by atoms with van der Waals surface area (Å²) in [6, 6.07) is 5.60. The molecule has 5 rings (SSSR count). The van der Waals surface area contributed by atoms with E-state index in [0.717, 1.165) is 6.42 Å². The van der Waals surface area contributed by atoms with E-state index in [-0.39, 0.29) is 30.9 Å². The first-order valence-corrected chi connectivity index (χ1v) is 14.0. The number of likely N-dealkylation sites (tertiary alicyclic amines) is 1. The molecule has 9 heteroatoms. The average Bonchev–Trinajstić information content (AvgIpc) is 3.25. The van der Waals surface area contributed by atoms with E-state index in [9.17, 15) is 19.5 Å². The zero-order chi connectivity index (χ0) is 27.9. The molecule has 2 saturated heterocycles. The third-order valence-corrected chi connectivity index (χ3v) is 8.91. The molecule has 4 aliphatic rings. The van der Waals surface area contributed by atoms with Gasteiger partial charge in [-0.3, -0.25) is 14.4 Å². The minimum absolute atomic E-state index is 0.117. The van der Waals surface area contributed by atoms with Crippen LogP contribution in [0.2, 0.25) is 0 Å². The third kappa shape index (κ3) is 4.00. The van der Waals surface area contributed by atoms with Gasteiger partial charge in [0.2, 0.25) is 11.8 Å². The molecule has 0 radical (unpaired) electrons. The number of carbonyl (C=O) groups is 3. The van der Waals surface area contributed by atoms with Crippen molar-refractivity contribution < 1.29 is 29.0 Å². The second-order valence-electron chi connectivity index (χ2n) is 10.8. The van der Waals surface area contributed by atoms with E-state index >= 15 is 0 Å². The van der Waals surface area contributed by atoms with Gasteiger partial charge < -0.3 is 29.3 Å². The molecule has 210 valence electrons. The van der Waals surface area contributed by atoms with Gasteiger partial charge in [0.1, 0.15) is 17.4 Å². The highest BCUT2D eigenvalue weighted by Crippen LogP contribution is 2.59. The van der Waals surface area contributed by atoms with E-state index in [4.69, 9.17) is 9.47 Å². The van der Waals surface area contributed by atoms with Gasteiger partial charge in [0.25, 0.3) is 5.91 Å². The summed E-state index contributed by atoms with van der Waals surface area (Å²) in [7, 11) is 1.58. The number of aliphatic hydroxyl groups excluding tert-OH is 1. The highest BCUT2D eigenvalue weighted by atomic mass is 16.5. The number of carbonyl (C=O) groups excluding carboxylic acids is 3. The normalized spacial score (nSPS) is 32.6. The number of amides is 3. The Morgan fingerprint density at radius 1 is 1.00 bits per heavy atom. The van der Waals surface area contributed by atoms with E-state index in [0.29, 0.717) is 37.4 Å². The van der Waals surface area contributed by atoms with Gasteiger partial charge in [0.05, 0.1) is 37.2 Å². The number of benzene rings is 1. The van der Waals surface area contributed by atoms with Crippen LogP contribution in [0.15, 0.2) is 48.6 Å². The summed E-state index contributed by atoms with van der Waals surface area (Å²) in [5, 5.41) is 10.3. The minimum Gasteiger partial charge on any atom is -0.497 e. The fraction of sp³-hybridized carbons (Fsp3) is 0.567. The lowest BCUT2D eigenvalue weighted by Crippen LogP contribution is -2.59. The number of hydrogen-bond donors (Lipinski definition) is 1. The first-order chi connectivity index (χ1) is 18.8. The lowest BCUT2D eigenvalue weighted by atomic mass is 9.73. The number of nitrogens with zero attached hydrogens (tertiary/aromatic N) is 3. The molecule has 1 unspecified atom stereocenters. The van der Waals surface area contributed by atoms with Crippen LogP contribution < -0.4 is 9.64 Å². The van der Waals surface area contributed by atoms with E-state index in [1.807, 2.05) is 57.2 Å². The lowest BCUT2D eigenvalue weighted by molar-refractivity contribution is -0.152. The first-order valence-electron chi connectivity index (χ1n) is 14.0. The second-order valence-corrected chi connectivity index (χ2v) is 10.8. The highest BCUT2D eigenvalue weighted by Gasteiger charge is 2.75. The Morgan fingerprint density at radius 3 is 2.33 bits per heavy atom. The summed E-state index contributed by atoms with van der Waals surface area (Å²) in [4.78, 5) is 48.0. The fourth-order valence-electron chi connectivity index (χ4n) is 7.02. The fourth-order valence-corrected chi connectivity index (χ4v) is 7.02. The highest BCUT2D eigenvalue weighted by molar-refractivity contribution is 6.06. The molecule has 9 nitrogen and oxygen atoms in total. The molecule has 4 aliphatic heterocycles. The molecule has 2 fully saturated rings. The van der Waals surface area contributed by atoms with Crippen LogP contribution in [-0.2, 0) is 19.1 Å². The first kappa shape index (κ1) is 27.4. The molecule has 1 spiro atoms. The molecule has 1 N–H and O–H groups in total. The van der Waals surface area contributed by atoms with Crippen molar-refractivity contribution in [3.63, 3.8) is 0 Å². The van der Waals surface area contributed by atoms with Gasteiger partial charge in [-0.2, -0.15) is 0 Å². The Hall–Kier alpha value is -3.17. The number of hydrogen-bond acceptors (Lipinski definition) is 6. The standard InChI is InChI=1S/C30H39N3O6/c1-5-16-31-17-8-14-29(7-3)23(26(31)35)24-27(36)33(20(6-2)19-34)25-28(37)32(18-9-15-30(24,25)39-29)21-10-12-22(38-4)13-11-21/h8-15,20,23-25,34H,5-7,16-19H2,1-4H3/t20-,23-,24-,25?,29+,30-/m0/s1. The van der Waals surface area contributed by atoms with E-state index in [1.54, 1.807) is 29.0 Å². The van der Waals surface area contributed by atoms with Crippen molar-refractivity contribution in [3.05, 3.63) is 48.6 Å². The largest absolute Gasteiger partial charge is 0.497 e. The van der Waals surface area contributed by atoms with Gasteiger partial charge in [-0.15, -0.1) is 0 Å². The molecule has 6 atom stereocenters. The number of anilines is 1. The number of methoxy groups -OCH3 is 1. The summed E-state index contributed by atoms with van der Waals surface area (Å²) in [5.74, 6) is -1.70. The Balaban J connectivity index is 1.66. The Morgan fingerprint density at radius 2 is 1.72 bits per heavy atom. The maximum Gasteiger partial charge on any atom is 0.253 e. The molecule has 3 amide bonds. The molecule has 0 saturated carbocycles. The molecular weight excluding hydrogens is 498 g/mol. The maximum absolute atomic E-state index is 14.5. The number of aliphatic hydroxyl groups is 1. The molecule has 0 aromatic heterocycles. The summed E-state index contributed by atoms with van der Waals surface area (Å²) in [6.07, 6.45) is 9.37. The van der Waals surface area contributed by atoms with Gasteiger partial charge in [-0.25, -0.2) is 0 Å². The quantitative estimate of drug-likeness (QED) is 0.512. The molecule has 1 aromatic rings. The SMILES string of the molecule is CCCN1CC=C[C@@]2(CC)O[C@]34C=CCN(c5ccc(OC)cc5)C(=O)C3N([C@@H](CC)CO)C(=O)[C@@H]4[C@H]2C1=O. The van der Waals surface area contributed by atoms with Crippen molar-refractivity contribution in [3.8, 4) is 5.75 Å². The second kappa shape index (κ2) is 10.4. The van der Waals surface area contributed by atoms with Crippen molar-refractivity contribution in [1.29, 1.82) is 0 Å². The topological polar surface area (TPSA) is 99.6 Å². The van der Waals surface area contributed by atoms with Gasteiger partial charge in [-0.1, -0.05) is 45.1 Å². The van der Waals surface area contributed by atoms with E-state index in [2.05, 4.69) is 0 Å². The Labute approximate surface area is 230 Å². The van der Waals surface area contributed by atoms with Crippen LogP contribution in [0.1, 0.15) is 40.0 Å². The van der Waals surface area contributed by atoms with Crippen LogP contribution in [0.3, 0.4) is 0 Å². The van der Waals surface area contributed by atoms with Crippen molar-refractivity contribution in [2.45, 2.75) is 63.3 Å². The summed E-state index contributed by atoms with van der Waals surface area (Å²) in [6.45, 7) is 6.90. The van der Waals surface area contributed by atoms with Crippen molar-refractivity contribution in [1.82, 2.24) is 9.80 Å². The Bertz CT molecular complexity index is 1180. The van der Waals surface area contributed by atoms with Crippen molar-refractivity contribution in [2.24, 2.45) is 11.8 Å². The van der Waals surface area contributed by atoms with Crippen molar-refractivity contribution in [2.75, 3.05) is 38.3 Å². The monoisotopic (exact) mass is 537 g/mol. The molecular formula is C30H39N3O6. The van der Waals surface area contributed by atoms with Crippen LogP contribution in [-0.4, -0.2) is 89.3 Å². The maximum atomic E-state index is 14.5. The smallest absolute Gasteiger partial charge is 0.253 e. The Kier molecular flexibility index (Phi) is 7.33. The molecule has 39 heavy (non-hydrogen) atoms. The van der Waals surface area contributed by atoms with E-state index in [1.165, 1.54) is 4.90 Å². The van der Waals surface area contributed by atoms with Gasteiger partial charge in [0, 0.05) is 25.3 Å². The van der Waals surface area contributed by atoms with Crippen LogP contribution in [0.4, 0.5) is 5.69 Å². The summed E-state index contributed by atoms with van der Waals surface area (Å²) >= 11 is 0. The molecule has 0 aliphatic carbocycles. The van der Waals surface area contributed by atoms with Gasteiger partial charge >= 0.3 is 0 Å². The average molecular weight is 538 g/mol. The summed E-state index contributed by atoms with van der Waals surface area (Å²) in [5.41, 5.74) is -1.68.